The molecule has 2 heterocycles. The fourth-order valence-electron chi connectivity index (χ4n) is 1.98. The van der Waals surface area contributed by atoms with E-state index in [0.717, 1.165) is 15.2 Å². The number of ether oxygens (including phenoxy) is 1. The van der Waals surface area contributed by atoms with Crippen LogP contribution in [0.5, 0.6) is 5.75 Å². The minimum atomic E-state index is -0.155. The number of hydrogen-bond acceptors (Lipinski definition) is 6. The molecule has 8 heteroatoms. The van der Waals surface area contributed by atoms with Gasteiger partial charge in [0.15, 0.2) is 0 Å². The summed E-state index contributed by atoms with van der Waals surface area (Å²) < 4.78 is 5.21. The highest BCUT2D eigenvalue weighted by Crippen LogP contribution is 2.29. The molecule has 0 bridgehead atoms. The number of carbonyl (C=O) groups excluding carboxylic acids is 1. The number of thioether (sulfide) groups is 1. The van der Waals surface area contributed by atoms with Crippen molar-refractivity contribution in [2.75, 3.05) is 18.2 Å². The van der Waals surface area contributed by atoms with E-state index in [1.165, 1.54) is 18.1 Å². The van der Waals surface area contributed by atoms with Crippen LogP contribution in [0.1, 0.15) is 0 Å². The summed E-state index contributed by atoms with van der Waals surface area (Å²) in [6.07, 6.45) is 1.51. The number of fused-ring (bicyclic) bond motifs is 1. The van der Waals surface area contributed by atoms with Gasteiger partial charge in [0.2, 0.25) is 5.91 Å². The first-order chi connectivity index (χ1) is 11.2. The molecule has 1 aromatic carbocycles. The van der Waals surface area contributed by atoms with Crippen molar-refractivity contribution in [3.63, 3.8) is 0 Å². The van der Waals surface area contributed by atoms with Gasteiger partial charge in [-0.05, 0) is 29.6 Å². The molecule has 0 saturated heterocycles. The van der Waals surface area contributed by atoms with Crippen molar-refractivity contribution in [1.82, 2.24) is 9.97 Å². The number of hydrogen-bond donors (Lipinski definition) is 1. The van der Waals surface area contributed by atoms with Crippen LogP contribution in [0.25, 0.3) is 10.2 Å². The topological polar surface area (TPSA) is 64.1 Å². The summed E-state index contributed by atoms with van der Waals surface area (Å²) in [6.45, 7) is 0. The van der Waals surface area contributed by atoms with Crippen LogP contribution in [-0.4, -0.2) is 28.7 Å². The number of rotatable bonds is 5. The Balaban J connectivity index is 1.68. The van der Waals surface area contributed by atoms with E-state index in [0.29, 0.717) is 16.5 Å². The van der Waals surface area contributed by atoms with Gasteiger partial charge in [0.25, 0.3) is 0 Å². The van der Waals surface area contributed by atoms with Gasteiger partial charge in [0.1, 0.15) is 21.9 Å². The predicted octanol–water partition coefficient (Wildman–Crippen LogP) is 4.08. The number of thiophene rings is 1. The number of carbonyl (C=O) groups is 1. The summed E-state index contributed by atoms with van der Waals surface area (Å²) >= 11 is 8.87. The molecule has 3 rings (SSSR count). The highest BCUT2D eigenvalue weighted by Gasteiger charge is 2.11. The Bertz CT molecular complexity index is 854. The fourth-order valence-corrected chi connectivity index (χ4v) is 3.73. The molecule has 0 saturated carbocycles. The molecule has 5 nitrogen and oxygen atoms in total. The zero-order valence-electron chi connectivity index (χ0n) is 12.1. The van der Waals surface area contributed by atoms with Crippen molar-refractivity contribution in [2.24, 2.45) is 0 Å². The van der Waals surface area contributed by atoms with Crippen LogP contribution in [0.4, 0.5) is 5.69 Å². The van der Waals surface area contributed by atoms with Gasteiger partial charge < -0.3 is 10.1 Å². The summed E-state index contributed by atoms with van der Waals surface area (Å²) in [5.74, 6) is 0.644. The molecule has 0 atom stereocenters. The van der Waals surface area contributed by atoms with Gasteiger partial charge in [0.05, 0.1) is 18.6 Å². The van der Waals surface area contributed by atoms with E-state index < -0.39 is 0 Å². The molecule has 0 radical (unpaired) electrons. The first-order valence-corrected chi connectivity index (χ1v) is 8.86. The van der Waals surface area contributed by atoms with Crippen molar-refractivity contribution in [2.45, 2.75) is 5.03 Å². The number of nitrogens with zero attached hydrogens (tertiary/aromatic N) is 2. The quantitative estimate of drug-likeness (QED) is 0.545. The zero-order valence-corrected chi connectivity index (χ0v) is 14.5. The van der Waals surface area contributed by atoms with Crippen LogP contribution >= 0.6 is 34.7 Å². The largest absolute Gasteiger partial charge is 0.495 e. The summed E-state index contributed by atoms with van der Waals surface area (Å²) in [5, 5.41) is 7.06. The van der Waals surface area contributed by atoms with E-state index in [1.807, 2.05) is 11.4 Å². The van der Waals surface area contributed by atoms with Gasteiger partial charge in [-0.15, -0.1) is 11.3 Å². The van der Waals surface area contributed by atoms with Crippen LogP contribution in [0.3, 0.4) is 0 Å². The average molecular weight is 366 g/mol. The average Bonchev–Trinajstić information content (AvgIpc) is 3.02. The van der Waals surface area contributed by atoms with Crippen LogP contribution < -0.4 is 10.1 Å². The maximum atomic E-state index is 12.2. The lowest BCUT2D eigenvalue weighted by molar-refractivity contribution is -0.113. The van der Waals surface area contributed by atoms with E-state index in [-0.39, 0.29) is 11.7 Å². The van der Waals surface area contributed by atoms with E-state index >= 15 is 0 Å². The monoisotopic (exact) mass is 365 g/mol. The number of methoxy groups -OCH3 is 1. The Kier molecular flexibility index (Phi) is 5.00. The third-order valence-electron chi connectivity index (χ3n) is 3.00. The smallest absolute Gasteiger partial charge is 0.234 e. The highest BCUT2D eigenvalue weighted by atomic mass is 35.5. The van der Waals surface area contributed by atoms with Crippen LogP contribution in [-0.2, 0) is 4.79 Å². The molecule has 0 unspecified atom stereocenters. The summed E-state index contributed by atoms with van der Waals surface area (Å²) in [5.41, 5.74) is 0.550. The normalized spacial score (nSPS) is 10.7. The third kappa shape index (κ3) is 3.74. The Labute approximate surface area is 146 Å². The van der Waals surface area contributed by atoms with Crippen molar-refractivity contribution >= 4 is 56.5 Å². The van der Waals surface area contributed by atoms with E-state index in [1.54, 1.807) is 36.6 Å². The predicted molar refractivity (Wildman–Crippen MR) is 94.8 cm³/mol. The third-order valence-corrected chi connectivity index (χ3v) is 5.06. The molecule has 2 aromatic heterocycles. The Morgan fingerprint density at radius 1 is 1.39 bits per heavy atom. The standard InChI is InChI=1S/C15H12ClN3O2S2/c1-21-12-3-2-9(16)6-11(12)19-13(20)7-23-15-10-4-5-22-14(10)17-8-18-15/h2-6,8H,7H2,1H3,(H,19,20). The van der Waals surface area contributed by atoms with Crippen molar-refractivity contribution in [1.29, 1.82) is 0 Å². The highest BCUT2D eigenvalue weighted by molar-refractivity contribution is 8.00. The van der Waals surface area contributed by atoms with Gasteiger partial charge >= 0.3 is 0 Å². The van der Waals surface area contributed by atoms with E-state index in [9.17, 15) is 4.79 Å². The van der Waals surface area contributed by atoms with Crippen LogP contribution in [0.2, 0.25) is 5.02 Å². The van der Waals surface area contributed by atoms with Crippen molar-refractivity contribution in [3.05, 3.63) is 41.0 Å². The Hall–Kier alpha value is -1.83. The number of anilines is 1. The molecule has 23 heavy (non-hydrogen) atoms. The maximum Gasteiger partial charge on any atom is 0.234 e. The SMILES string of the molecule is COc1ccc(Cl)cc1NC(=O)CSc1ncnc2sccc12. The molecule has 118 valence electrons. The summed E-state index contributed by atoms with van der Waals surface area (Å²) in [4.78, 5) is 21.5. The Morgan fingerprint density at radius 2 is 2.26 bits per heavy atom. The molecule has 0 aliphatic heterocycles. The molecule has 0 fully saturated rings. The minimum Gasteiger partial charge on any atom is -0.495 e. The molecule has 3 aromatic rings. The lowest BCUT2D eigenvalue weighted by Gasteiger charge is -2.10. The first kappa shape index (κ1) is 16.0. The molecular formula is C15H12ClN3O2S2. The minimum absolute atomic E-state index is 0.155. The number of nitrogens with one attached hydrogen (secondary N) is 1. The van der Waals surface area contributed by atoms with E-state index in [2.05, 4.69) is 15.3 Å². The number of amides is 1. The van der Waals surface area contributed by atoms with Crippen LogP contribution in [0, 0.1) is 0 Å². The molecule has 1 amide bonds. The lowest BCUT2D eigenvalue weighted by Crippen LogP contribution is -2.14. The summed E-state index contributed by atoms with van der Waals surface area (Å²) in [6, 6.07) is 7.04. The van der Waals surface area contributed by atoms with Crippen LogP contribution in [0.15, 0.2) is 41.0 Å². The first-order valence-electron chi connectivity index (χ1n) is 6.62. The van der Waals surface area contributed by atoms with Gasteiger partial charge in [-0.25, -0.2) is 9.97 Å². The van der Waals surface area contributed by atoms with Crippen molar-refractivity contribution in [3.8, 4) is 5.75 Å². The second-order valence-corrected chi connectivity index (χ2v) is 6.79. The number of halogens is 1. The Morgan fingerprint density at radius 3 is 3.09 bits per heavy atom. The molecule has 0 spiro atoms. The van der Waals surface area contributed by atoms with Gasteiger partial charge in [-0.3, -0.25) is 4.79 Å². The number of aromatic nitrogens is 2. The maximum absolute atomic E-state index is 12.2. The second kappa shape index (κ2) is 7.16. The van der Waals surface area contributed by atoms with Gasteiger partial charge in [-0.2, -0.15) is 0 Å². The fraction of sp³-hybridized carbons (Fsp3) is 0.133. The molecule has 1 N–H and O–H groups in total. The van der Waals surface area contributed by atoms with Gasteiger partial charge in [0, 0.05) is 10.4 Å². The number of benzene rings is 1. The molecule has 0 aliphatic carbocycles. The zero-order chi connectivity index (χ0) is 16.2. The molecular weight excluding hydrogens is 354 g/mol. The lowest BCUT2D eigenvalue weighted by atomic mass is 10.3. The van der Waals surface area contributed by atoms with E-state index in [4.69, 9.17) is 16.3 Å². The second-order valence-electron chi connectivity index (χ2n) is 4.50. The summed E-state index contributed by atoms with van der Waals surface area (Å²) in [7, 11) is 1.54. The molecule has 0 aliphatic rings. The van der Waals surface area contributed by atoms with Crippen molar-refractivity contribution < 1.29 is 9.53 Å². The van der Waals surface area contributed by atoms with Gasteiger partial charge in [-0.1, -0.05) is 23.4 Å².